The molecule has 1 fully saturated rings. The first-order valence-corrected chi connectivity index (χ1v) is 6.94. The number of methoxy groups -OCH3 is 1. The summed E-state index contributed by atoms with van der Waals surface area (Å²) in [5.41, 5.74) is 0.857. The zero-order valence-electron chi connectivity index (χ0n) is 11.4. The van der Waals surface area contributed by atoms with Crippen LogP contribution in [0.15, 0.2) is 0 Å². The van der Waals surface area contributed by atoms with Crippen LogP contribution in [0.5, 0.6) is 0 Å². The molecule has 0 aromatic carbocycles. The average Bonchev–Trinajstić information content (AvgIpc) is 3.22. The third-order valence-electron chi connectivity index (χ3n) is 3.26. The third-order valence-corrected chi connectivity index (χ3v) is 3.62. The van der Waals surface area contributed by atoms with Crippen LogP contribution in [0, 0.1) is 6.92 Å². The molecular weight excluding hydrogens is 266 g/mol. The topological polar surface area (TPSA) is 58.5 Å². The minimum absolute atomic E-state index is 0.0730. The SMILES string of the molecule is COCCN(CCO)c1nc(C2CC2)nc(Cl)c1C. The van der Waals surface area contributed by atoms with E-state index in [1.165, 1.54) is 0 Å². The van der Waals surface area contributed by atoms with Gasteiger partial charge in [0.15, 0.2) is 0 Å². The summed E-state index contributed by atoms with van der Waals surface area (Å²) in [4.78, 5) is 11.0. The second-order valence-electron chi connectivity index (χ2n) is 4.80. The Balaban J connectivity index is 2.27. The Morgan fingerprint density at radius 1 is 1.37 bits per heavy atom. The number of halogens is 1. The Morgan fingerprint density at radius 3 is 2.68 bits per heavy atom. The minimum atomic E-state index is 0.0730. The number of aliphatic hydroxyl groups is 1. The molecule has 0 saturated heterocycles. The van der Waals surface area contributed by atoms with Crippen LogP contribution in [0.25, 0.3) is 0 Å². The predicted molar refractivity (Wildman–Crippen MR) is 74.9 cm³/mol. The molecule has 1 heterocycles. The number of ether oxygens (including phenoxy) is 1. The van der Waals surface area contributed by atoms with Crippen LogP contribution < -0.4 is 4.90 Å². The molecule has 1 aromatic heterocycles. The van der Waals surface area contributed by atoms with Crippen molar-refractivity contribution in [2.75, 3.05) is 38.3 Å². The molecule has 1 aliphatic carbocycles. The lowest BCUT2D eigenvalue weighted by Gasteiger charge is -2.24. The Labute approximate surface area is 118 Å². The van der Waals surface area contributed by atoms with Crippen molar-refractivity contribution in [2.45, 2.75) is 25.7 Å². The van der Waals surface area contributed by atoms with Gasteiger partial charge in [0.2, 0.25) is 0 Å². The zero-order valence-corrected chi connectivity index (χ0v) is 12.2. The molecule has 0 amide bonds. The van der Waals surface area contributed by atoms with Crippen LogP contribution in [0.3, 0.4) is 0 Å². The Morgan fingerprint density at radius 2 is 2.11 bits per heavy atom. The van der Waals surface area contributed by atoms with Gasteiger partial charge in [-0.2, -0.15) is 0 Å². The van der Waals surface area contributed by atoms with Gasteiger partial charge in [0.1, 0.15) is 16.8 Å². The maximum atomic E-state index is 9.19. The molecule has 0 radical (unpaired) electrons. The quantitative estimate of drug-likeness (QED) is 0.774. The first-order valence-electron chi connectivity index (χ1n) is 6.56. The molecule has 19 heavy (non-hydrogen) atoms. The second kappa shape index (κ2) is 6.50. The highest BCUT2D eigenvalue weighted by Crippen LogP contribution is 2.39. The van der Waals surface area contributed by atoms with Gasteiger partial charge in [-0.15, -0.1) is 0 Å². The van der Waals surface area contributed by atoms with E-state index in [1.54, 1.807) is 7.11 Å². The van der Waals surface area contributed by atoms with Gasteiger partial charge in [0, 0.05) is 31.7 Å². The van der Waals surface area contributed by atoms with Crippen molar-refractivity contribution in [2.24, 2.45) is 0 Å². The van der Waals surface area contributed by atoms with Gasteiger partial charge in [0.05, 0.1) is 13.2 Å². The summed E-state index contributed by atoms with van der Waals surface area (Å²) < 4.78 is 5.10. The van der Waals surface area contributed by atoms with E-state index in [9.17, 15) is 5.11 Å². The smallest absolute Gasteiger partial charge is 0.137 e. The molecule has 0 unspecified atom stereocenters. The van der Waals surface area contributed by atoms with E-state index in [4.69, 9.17) is 16.3 Å². The standard InChI is InChI=1S/C13H20ClN3O2/c1-9-11(14)15-12(10-3-4-10)16-13(9)17(5-7-18)6-8-19-2/h10,18H,3-8H2,1-2H3. The van der Waals surface area contributed by atoms with E-state index in [0.717, 1.165) is 30.0 Å². The molecule has 0 aliphatic heterocycles. The van der Waals surface area contributed by atoms with Gasteiger partial charge in [-0.3, -0.25) is 0 Å². The molecule has 0 atom stereocenters. The lowest BCUT2D eigenvalue weighted by atomic mass is 10.3. The number of anilines is 1. The van der Waals surface area contributed by atoms with E-state index in [1.807, 2.05) is 11.8 Å². The number of hydrogen-bond donors (Lipinski definition) is 1. The number of rotatable bonds is 7. The number of aromatic nitrogens is 2. The van der Waals surface area contributed by atoms with Crippen molar-refractivity contribution < 1.29 is 9.84 Å². The normalized spacial score (nSPS) is 14.7. The molecule has 5 nitrogen and oxygen atoms in total. The third kappa shape index (κ3) is 3.55. The maximum Gasteiger partial charge on any atom is 0.137 e. The van der Waals surface area contributed by atoms with Gasteiger partial charge < -0.3 is 14.7 Å². The summed E-state index contributed by atoms with van der Waals surface area (Å²) in [6, 6.07) is 0. The van der Waals surface area contributed by atoms with Crippen molar-refractivity contribution in [1.29, 1.82) is 0 Å². The first-order chi connectivity index (χ1) is 9.17. The molecule has 0 bridgehead atoms. The summed E-state index contributed by atoms with van der Waals surface area (Å²) >= 11 is 6.20. The largest absolute Gasteiger partial charge is 0.395 e. The Hall–Kier alpha value is -0.910. The van der Waals surface area contributed by atoms with E-state index in [0.29, 0.717) is 30.8 Å². The summed E-state index contributed by atoms with van der Waals surface area (Å²) in [5, 5.41) is 9.70. The van der Waals surface area contributed by atoms with Crippen LogP contribution in [-0.4, -0.2) is 48.5 Å². The fourth-order valence-electron chi connectivity index (χ4n) is 1.97. The molecule has 1 aromatic rings. The molecule has 6 heteroatoms. The van der Waals surface area contributed by atoms with Gasteiger partial charge in [0.25, 0.3) is 0 Å². The number of aliphatic hydroxyl groups excluding tert-OH is 1. The van der Waals surface area contributed by atoms with Crippen LogP contribution in [0.4, 0.5) is 5.82 Å². The summed E-state index contributed by atoms with van der Waals surface area (Å²) in [5.74, 6) is 2.09. The lowest BCUT2D eigenvalue weighted by Crippen LogP contribution is -2.32. The zero-order chi connectivity index (χ0) is 13.8. The van der Waals surface area contributed by atoms with Crippen molar-refractivity contribution in [3.05, 3.63) is 16.5 Å². The average molecular weight is 286 g/mol. The van der Waals surface area contributed by atoms with Crippen molar-refractivity contribution in [3.63, 3.8) is 0 Å². The highest BCUT2D eigenvalue weighted by molar-refractivity contribution is 6.30. The van der Waals surface area contributed by atoms with E-state index >= 15 is 0 Å². The number of nitrogens with zero attached hydrogens (tertiary/aromatic N) is 3. The molecule has 1 N–H and O–H groups in total. The molecule has 1 saturated carbocycles. The second-order valence-corrected chi connectivity index (χ2v) is 5.16. The highest BCUT2D eigenvalue weighted by Gasteiger charge is 2.28. The van der Waals surface area contributed by atoms with E-state index in [-0.39, 0.29) is 6.61 Å². The molecule has 2 rings (SSSR count). The van der Waals surface area contributed by atoms with Crippen LogP contribution in [0.1, 0.15) is 30.1 Å². The van der Waals surface area contributed by atoms with E-state index in [2.05, 4.69) is 9.97 Å². The minimum Gasteiger partial charge on any atom is -0.395 e. The Bertz CT molecular complexity index is 438. The van der Waals surface area contributed by atoms with Gasteiger partial charge in [-0.1, -0.05) is 11.6 Å². The van der Waals surface area contributed by atoms with E-state index < -0.39 is 0 Å². The fraction of sp³-hybridized carbons (Fsp3) is 0.692. The summed E-state index contributed by atoms with van der Waals surface area (Å²) in [7, 11) is 1.66. The van der Waals surface area contributed by atoms with Gasteiger partial charge >= 0.3 is 0 Å². The van der Waals surface area contributed by atoms with Crippen molar-refractivity contribution in [1.82, 2.24) is 9.97 Å². The van der Waals surface area contributed by atoms with Crippen molar-refractivity contribution >= 4 is 17.4 Å². The van der Waals surface area contributed by atoms with Crippen LogP contribution >= 0.6 is 11.6 Å². The monoisotopic (exact) mass is 285 g/mol. The molecule has 1 aliphatic rings. The Kier molecular flexibility index (Phi) is 4.96. The maximum absolute atomic E-state index is 9.19. The molecular formula is C13H20ClN3O2. The fourth-order valence-corrected chi connectivity index (χ4v) is 2.14. The summed E-state index contributed by atoms with van der Waals surface area (Å²) in [6.45, 7) is 3.76. The van der Waals surface area contributed by atoms with Gasteiger partial charge in [-0.05, 0) is 19.8 Å². The summed E-state index contributed by atoms with van der Waals surface area (Å²) in [6.07, 6.45) is 2.27. The van der Waals surface area contributed by atoms with Crippen LogP contribution in [0.2, 0.25) is 5.15 Å². The van der Waals surface area contributed by atoms with Gasteiger partial charge in [-0.25, -0.2) is 9.97 Å². The molecule has 0 spiro atoms. The lowest BCUT2D eigenvalue weighted by molar-refractivity contribution is 0.202. The number of hydrogen-bond acceptors (Lipinski definition) is 5. The molecule has 106 valence electrons. The first kappa shape index (κ1) is 14.5. The highest BCUT2D eigenvalue weighted by atomic mass is 35.5. The van der Waals surface area contributed by atoms with Crippen molar-refractivity contribution in [3.8, 4) is 0 Å². The predicted octanol–water partition coefficient (Wildman–Crippen LogP) is 1.76. The van der Waals surface area contributed by atoms with Crippen LogP contribution in [-0.2, 0) is 4.74 Å².